The summed E-state index contributed by atoms with van der Waals surface area (Å²) >= 11 is 0. The summed E-state index contributed by atoms with van der Waals surface area (Å²) in [6.07, 6.45) is 5.26. The van der Waals surface area contributed by atoms with Gasteiger partial charge in [0.25, 0.3) is 0 Å². The van der Waals surface area contributed by atoms with Crippen molar-refractivity contribution in [3.05, 3.63) is 65.8 Å². The van der Waals surface area contributed by atoms with Gasteiger partial charge in [0.15, 0.2) is 5.78 Å². The standard InChI is InChI=1S/C21H22O5/c1-13(2)20(23)25-17-9-5-15(6-10-17)19(22)16-7-11-18(12-8-16)26-21(24)14(3)4/h5-11,14,18H,1,12H2,2-4H3. The molecule has 0 amide bonds. The highest BCUT2D eigenvalue weighted by Gasteiger charge is 2.19. The van der Waals surface area contributed by atoms with E-state index in [2.05, 4.69) is 6.58 Å². The first kappa shape index (κ1) is 19.4. The van der Waals surface area contributed by atoms with E-state index in [0.717, 1.165) is 0 Å². The Balaban J connectivity index is 1.98. The fourth-order valence-corrected chi connectivity index (χ4v) is 2.18. The number of hydrogen-bond donors (Lipinski definition) is 0. The summed E-state index contributed by atoms with van der Waals surface area (Å²) in [6, 6.07) is 6.33. The molecule has 0 saturated carbocycles. The van der Waals surface area contributed by atoms with Crippen LogP contribution >= 0.6 is 0 Å². The van der Waals surface area contributed by atoms with Crippen molar-refractivity contribution in [2.24, 2.45) is 5.92 Å². The Morgan fingerprint density at radius 2 is 1.81 bits per heavy atom. The van der Waals surface area contributed by atoms with Gasteiger partial charge in [-0.05, 0) is 37.3 Å². The van der Waals surface area contributed by atoms with Gasteiger partial charge in [-0.15, -0.1) is 0 Å². The highest BCUT2D eigenvalue weighted by atomic mass is 16.5. The molecule has 0 aliphatic heterocycles. The van der Waals surface area contributed by atoms with Crippen LogP contribution in [0.15, 0.2) is 60.2 Å². The van der Waals surface area contributed by atoms with E-state index in [-0.39, 0.29) is 23.8 Å². The third-order valence-corrected chi connectivity index (χ3v) is 3.74. The van der Waals surface area contributed by atoms with Crippen LogP contribution in [0.1, 0.15) is 37.6 Å². The molecule has 0 heterocycles. The van der Waals surface area contributed by atoms with Gasteiger partial charge in [0, 0.05) is 23.1 Å². The van der Waals surface area contributed by atoms with Crippen LogP contribution in [0.3, 0.4) is 0 Å². The van der Waals surface area contributed by atoms with Crippen LogP contribution in [0, 0.1) is 5.92 Å². The second kappa shape index (κ2) is 8.43. The van der Waals surface area contributed by atoms with E-state index < -0.39 is 5.97 Å². The molecular formula is C21H22O5. The van der Waals surface area contributed by atoms with Crippen molar-refractivity contribution in [1.29, 1.82) is 0 Å². The summed E-state index contributed by atoms with van der Waals surface area (Å²) < 4.78 is 10.4. The molecule has 0 saturated heterocycles. The molecule has 0 aromatic heterocycles. The molecule has 0 spiro atoms. The van der Waals surface area contributed by atoms with Gasteiger partial charge >= 0.3 is 11.9 Å². The van der Waals surface area contributed by atoms with Gasteiger partial charge in [0.2, 0.25) is 0 Å². The number of benzene rings is 1. The van der Waals surface area contributed by atoms with Crippen molar-refractivity contribution < 1.29 is 23.9 Å². The number of carbonyl (C=O) groups excluding carboxylic acids is 3. The first-order valence-electron chi connectivity index (χ1n) is 8.39. The van der Waals surface area contributed by atoms with Gasteiger partial charge < -0.3 is 9.47 Å². The maximum absolute atomic E-state index is 12.5. The molecule has 1 aromatic carbocycles. The topological polar surface area (TPSA) is 69.7 Å². The molecule has 0 radical (unpaired) electrons. The van der Waals surface area contributed by atoms with E-state index in [1.807, 2.05) is 0 Å². The lowest BCUT2D eigenvalue weighted by molar-refractivity contribution is -0.150. The molecule has 1 aromatic rings. The van der Waals surface area contributed by atoms with E-state index in [1.165, 1.54) is 0 Å². The van der Waals surface area contributed by atoms with Crippen LogP contribution in [0.5, 0.6) is 5.75 Å². The molecule has 26 heavy (non-hydrogen) atoms. The van der Waals surface area contributed by atoms with E-state index in [4.69, 9.17) is 9.47 Å². The van der Waals surface area contributed by atoms with E-state index in [1.54, 1.807) is 63.3 Å². The highest BCUT2D eigenvalue weighted by Crippen LogP contribution is 2.20. The Morgan fingerprint density at radius 3 is 2.31 bits per heavy atom. The van der Waals surface area contributed by atoms with Crippen LogP contribution in [0.2, 0.25) is 0 Å². The largest absolute Gasteiger partial charge is 0.458 e. The Bertz CT molecular complexity index is 781. The monoisotopic (exact) mass is 354 g/mol. The number of rotatable bonds is 6. The van der Waals surface area contributed by atoms with E-state index >= 15 is 0 Å². The summed E-state index contributed by atoms with van der Waals surface area (Å²) in [4.78, 5) is 35.6. The SMILES string of the molecule is C=C(C)C(=O)Oc1ccc(C(=O)C2=CCC(OC(=O)C(C)C)C=C2)cc1. The minimum Gasteiger partial charge on any atom is -0.458 e. The molecule has 2 rings (SSSR count). The molecule has 0 N–H and O–H groups in total. The zero-order chi connectivity index (χ0) is 19.3. The average Bonchev–Trinajstić information content (AvgIpc) is 2.62. The molecule has 1 aliphatic rings. The van der Waals surface area contributed by atoms with Gasteiger partial charge in [-0.2, -0.15) is 0 Å². The van der Waals surface area contributed by atoms with Crippen molar-refractivity contribution in [2.45, 2.75) is 33.3 Å². The summed E-state index contributed by atoms with van der Waals surface area (Å²) in [7, 11) is 0. The number of ether oxygens (including phenoxy) is 2. The second-order valence-corrected chi connectivity index (χ2v) is 6.41. The third-order valence-electron chi connectivity index (χ3n) is 3.74. The van der Waals surface area contributed by atoms with Crippen molar-refractivity contribution in [1.82, 2.24) is 0 Å². The number of carbonyl (C=O) groups is 3. The maximum atomic E-state index is 12.5. The average molecular weight is 354 g/mol. The molecule has 136 valence electrons. The van der Waals surface area contributed by atoms with Crippen molar-refractivity contribution >= 4 is 17.7 Å². The second-order valence-electron chi connectivity index (χ2n) is 6.41. The van der Waals surface area contributed by atoms with E-state index in [9.17, 15) is 14.4 Å². The molecular weight excluding hydrogens is 332 g/mol. The molecule has 0 fully saturated rings. The summed E-state index contributed by atoms with van der Waals surface area (Å²) in [5.41, 5.74) is 1.32. The predicted molar refractivity (Wildman–Crippen MR) is 97.8 cm³/mol. The zero-order valence-corrected chi connectivity index (χ0v) is 15.2. The fraction of sp³-hybridized carbons (Fsp3) is 0.286. The Hall–Kier alpha value is -2.95. The third kappa shape index (κ3) is 5.02. The first-order valence-corrected chi connectivity index (χ1v) is 8.39. The molecule has 5 nitrogen and oxygen atoms in total. The van der Waals surface area contributed by atoms with Crippen molar-refractivity contribution in [3.63, 3.8) is 0 Å². The number of Topliss-reactive ketones (excluding diaryl/α,β-unsaturated/α-hetero) is 1. The molecule has 1 aliphatic carbocycles. The molecule has 1 atom stereocenters. The molecule has 0 bridgehead atoms. The minimum absolute atomic E-state index is 0.146. The lowest BCUT2D eigenvalue weighted by Gasteiger charge is -2.18. The lowest BCUT2D eigenvalue weighted by Crippen LogP contribution is -2.21. The quantitative estimate of drug-likeness (QED) is 0.336. The van der Waals surface area contributed by atoms with Gasteiger partial charge in [0.05, 0.1) is 5.92 Å². The Kier molecular flexibility index (Phi) is 6.28. The summed E-state index contributed by atoms with van der Waals surface area (Å²) in [5.74, 6) is -0.754. The smallest absolute Gasteiger partial charge is 0.338 e. The Labute approximate surface area is 153 Å². The van der Waals surface area contributed by atoms with Crippen LogP contribution in [-0.4, -0.2) is 23.8 Å². The van der Waals surface area contributed by atoms with Crippen LogP contribution < -0.4 is 4.74 Å². The highest BCUT2D eigenvalue weighted by molar-refractivity contribution is 6.10. The normalized spacial score (nSPS) is 16.0. The number of esters is 2. The predicted octanol–water partition coefficient (Wildman–Crippen LogP) is 3.80. The fourth-order valence-electron chi connectivity index (χ4n) is 2.18. The van der Waals surface area contributed by atoms with Gasteiger partial charge in [0.1, 0.15) is 11.9 Å². The van der Waals surface area contributed by atoms with Crippen molar-refractivity contribution in [2.75, 3.05) is 0 Å². The van der Waals surface area contributed by atoms with Gasteiger partial charge in [-0.1, -0.05) is 32.6 Å². The lowest BCUT2D eigenvalue weighted by atomic mass is 9.97. The van der Waals surface area contributed by atoms with Crippen LogP contribution in [-0.2, 0) is 14.3 Å². The minimum atomic E-state index is -0.510. The first-order chi connectivity index (χ1) is 12.3. The maximum Gasteiger partial charge on any atom is 0.338 e. The molecule has 5 heteroatoms. The van der Waals surface area contributed by atoms with Crippen LogP contribution in [0.25, 0.3) is 0 Å². The zero-order valence-electron chi connectivity index (χ0n) is 15.2. The van der Waals surface area contributed by atoms with E-state index in [0.29, 0.717) is 28.9 Å². The summed E-state index contributed by atoms with van der Waals surface area (Å²) in [6.45, 7) is 8.63. The Morgan fingerprint density at radius 1 is 1.15 bits per heavy atom. The summed E-state index contributed by atoms with van der Waals surface area (Å²) in [5, 5.41) is 0. The number of allylic oxidation sites excluding steroid dienone is 2. The van der Waals surface area contributed by atoms with Crippen LogP contribution in [0.4, 0.5) is 0 Å². The number of hydrogen-bond acceptors (Lipinski definition) is 5. The molecule has 1 unspecified atom stereocenters. The van der Waals surface area contributed by atoms with Gasteiger partial charge in [-0.25, -0.2) is 4.79 Å². The van der Waals surface area contributed by atoms with Crippen molar-refractivity contribution in [3.8, 4) is 5.75 Å². The van der Waals surface area contributed by atoms with Gasteiger partial charge in [-0.3, -0.25) is 9.59 Å². The number of ketones is 1.